The fourth-order valence-electron chi connectivity index (χ4n) is 1.07. The highest BCUT2D eigenvalue weighted by Gasteiger charge is 2.30. The zero-order valence-electron chi connectivity index (χ0n) is 7.01. The lowest BCUT2D eigenvalue weighted by Gasteiger charge is -2.11. The Bertz CT molecular complexity index is 424. The third-order valence-corrected chi connectivity index (χ3v) is 4.93. The van der Waals surface area contributed by atoms with Gasteiger partial charge in [0.25, 0.3) is 10.0 Å². The van der Waals surface area contributed by atoms with Crippen molar-refractivity contribution in [1.29, 1.82) is 0 Å². The highest BCUT2D eigenvalue weighted by Crippen LogP contribution is 2.27. The van der Waals surface area contributed by atoms with Crippen LogP contribution in [0.4, 0.5) is 0 Å². The smallest absolute Gasteiger partial charge is 0.276 e. The van der Waals surface area contributed by atoms with Gasteiger partial charge < -0.3 is 0 Å². The largest absolute Gasteiger partial charge is 0.284 e. The molecule has 0 saturated carbocycles. The summed E-state index contributed by atoms with van der Waals surface area (Å²) < 4.78 is 24.8. The van der Waals surface area contributed by atoms with Gasteiger partial charge in [0.05, 0.1) is 12.8 Å². The van der Waals surface area contributed by atoms with E-state index in [4.69, 9.17) is 16.4 Å². The van der Waals surface area contributed by atoms with Crippen LogP contribution >= 0.6 is 22.9 Å². The van der Waals surface area contributed by atoms with Crippen LogP contribution in [0.1, 0.15) is 6.42 Å². The normalized spacial score (nSPS) is 18.9. The van der Waals surface area contributed by atoms with Crippen molar-refractivity contribution in [2.24, 2.45) is 0 Å². The molecule has 0 bridgehead atoms. The standard InChI is InChI=1S/C6H7ClN2O3S2/c7-6-8-4-5(13-6)14(10,11)9-2-1-3-12-9/h4H,1-3H2. The van der Waals surface area contributed by atoms with Crippen LogP contribution < -0.4 is 0 Å². The van der Waals surface area contributed by atoms with E-state index in [0.29, 0.717) is 19.6 Å². The van der Waals surface area contributed by atoms with Crippen LogP contribution in [-0.4, -0.2) is 31.0 Å². The molecule has 0 aromatic carbocycles. The summed E-state index contributed by atoms with van der Waals surface area (Å²) in [7, 11) is -3.54. The molecule has 2 rings (SSSR count). The maximum atomic E-state index is 11.8. The van der Waals surface area contributed by atoms with Crippen LogP contribution in [0.5, 0.6) is 0 Å². The van der Waals surface area contributed by atoms with E-state index in [1.54, 1.807) is 0 Å². The molecule has 0 atom stereocenters. The fraction of sp³-hybridized carbons (Fsp3) is 0.500. The van der Waals surface area contributed by atoms with Crippen molar-refractivity contribution in [3.63, 3.8) is 0 Å². The SMILES string of the molecule is O=S(=O)(c1cnc(Cl)s1)N1CCCO1. The van der Waals surface area contributed by atoms with E-state index in [9.17, 15) is 8.42 Å². The highest BCUT2D eigenvalue weighted by molar-refractivity contribution is 7.91. The van der Waals surface area contributed by atoms with Gasteiger partial charge >= 0.3 is 0 Å². The van der Waals surface area contributed by atoms with Gasteiger partial charge in [-0.05, 0) is 6.42 Å². The molecule has 0 amide bonds. The summed E-state index contributed by atoms with van der Waals surface area (Å²) in [6.45, 7) is 0.823. The predicted octanol–water partition coefficient (Wildman–Crippen LogP) is 1.12. The summed E-state index contributed by atoms with van der Waals surface area (Å²) >= 11 is 6.48. The fourth-order valence-corrected chi connectivity index (χ4v) is 3.76. The molecule has 1 fully saturated rings. The molecule has 1 aliphatic heterocycles. The number of halogens is 1. The summed E-state index contributed by atoms with van der Waals surface area (Å²) in [5.41, 5.74) is 0. The maximum Gasteiger partial charge on any atom is 0.276 e. The topological polar surface area (TPSA) is 59.5 Å². The molecule has 1 aromatic rings. The second-order valence-electron chi connectivity index (χ2n) is 2.65. The van der Waals surface area contributed by atoms with Crippen LogP contribution in [0, 0.1) is 0 Å². The molecule has 1 aromatic heterocycles. The first-order valence-corrected chi connectivity index (χ1v) is 6.51. The summed E-state index contributed by atoms with van der Waals surface area (Å²) in [6.07, 6.45) is 1.95. The number of sulfonamides is 1. The van der Waals surface area contributed by atoms with Gasteiger partial charge in [-0.25, -0.2) is 13.4 Å². The van der Waals surface area contributed by atoms with E-state index in [1.807, 2.05) is 0 Å². The van der Waals surface area contributed by atoms with Gasteiger partial charge in [0.2, 0.25) is 0 Å². The highest BCUT2D eigenvalue weighted by atomic mass is 35.5. The van der Waals surface area contributed by atoms with Gasteiger partial charge in [-0.3, -0.25) is 4.84 Å². The lowest BCUT2D eigenvalue weighted by atomic mass is 10.5. The molecule has 0 unspecified atom stereocenters. The second-order valence-corrected chi connectivity index (χ2v) is 6.32. The quantitative estimate of drug-likeness (QED) is 0.794. The minimum absolute atomic E-state index is 0.115. The first kappa shape index (κ1) is 10.3. The second kappa shape index (κ2) is 3.74. The molecule has 0 N–H and O–H groups in total. The van der Waals surface area contributed by atoms with Crippen LogP contribution in [0.15, 0.2) is 10.4 Å². The van der Waals surface area contributed by atoms with Crippen molar-refractivity contribution in [2.75, 3.05) is 13.2 Å². The van der Waals surface area contributed by atoms with Crippen molar-refractivity contribution in [3.05, 3.63) is 10.7 Å². The number of hydrogen-bond donors (Lipinski definition) is 0. The number of rotatable bonds is 2. The molecule has 78 valence electrons. The lowest BCUT2D eigenvalue weighted by molar-refractivity contribution is -0.0282. The minimum atomic E-state index is -3.54. The van der Waals surface area contributed by atoms with Crippen LogP contribution in [0.25, 0.3) is 0 Å². The molecule has 0 aliphatic carbocycles. The number of aromatic nitrogens is 1. The van der Waals surface area contributed by atoms with Gasteiger partial charge in [0, 0.05) is 6.54 Å². The first-order valence-electron chi connectivity index (χ1n) is 3.88. The van der Waals surface area contributed by atoms with Crippen molar-refractivity contribution >= 4 is 33.0 Å². The predicted molar refractivity (Wildman–Crippen MR) is 51.6 cm³/mol. The van der Waals surface area contributed by atoms with E-state index in [2.05, 4.69) is 4.98 Å². The van der Waals surface area contributed by atoms with E-state index >= 15 is 0 Å². The Labute approximate surface area is 90.3 Å². The van der Waals surface area contributed by atoms with E-state index in [1.165, 1.54) is 6.20 Å². The molecule has 0 spiro atoms. The molecule has 14 heavy (non-hydrogen) atoms. The first-order chi connectivity index (χ1) is 6.60. The molecule has 1 aliphatic rings. The summed E-state index contributed by atoms with van der Waals surface area (Å²) in [6, 6.07) is 0. The van der Waals surface area contributed by atoms with Crippen molar-refractivity contribution < 1.29 is 13.3 Å². The third-order valence-electron chi connectivity index (χ3n) is 1.70. The van der Waals surface area contributed by atoms with Crippen LogP contribution in [-0.2, 0) is 14.9 Å². The van der Waals surface area contributed by atoms with Crippen LogP contribution in [0.3, 0.4) is 0 Å². The number of thiazole rings is 1. The maximum absolute atomic E-state index is 11.8. The minimum Gasteiger partial charge on any atom is -0.284 e. The van der Waals surface area contributed by atoms with Gasteiger partial charge in [0.1, 0.15) is 0 Å². The van der Waals surface area contributed by atoms with Gasteiger partial charge in [-0.2, -0.15) is 0 Å². The van der Waals surface area contributed by atoms with Gasteiger partial charge in [0.15, 0.2) is 8.68 Å². The molecular weight excluding hydrogens is 248 g/mol. The van der Waals surface area contributed by atoms with Gasteiger partial charge in [-0.1, -0.05) is 27.4 Å². The van der Waals surface area contributed by atoms with Crippen LogP contribution in [0.2, 0.25) is 4.47 Å². The Morgan fingerprint density at radius 3 is 2.93 bits per heavy atom. The van der Waals surface area contributed by atoms with Crippen molar-refractivity contribution in [3.8, 4) is 0 Å². The Kier molecular flexibility index (Phi) is 2.76. The average molecular weight is 255 g/mol. The lowest BCUT2D eigenvalue weighted by Crippen LogP contribution is -2.25. The number of hydrogen-bond acceptors (Lipinski definition) is 5. The molecule has 8 heteroatoms. The Hall–Kier alpha value is -0.210. The Morgan fingerprint density at radius 2 is 2.43 bits per heavy atom. The molecular formula is C6H7ClN2O3S2. The zero-order valence-corrected chi connectivity index (χ0v) is 9.40. The van der Waals surface area contributed by atoms with E-state index in [0.717, 1.165) is 15.8 Å². The summed E-state index contributed by atoms with van der Waals surface area (Å²) in [5, 5.41) is 0. The Balaban J connectivity index is 2.32. The number of hydroxylamine groups is 1. The van der Waals surface area contributed by atoms with Gasteiger partial charge in [-0.15, -0.1) is 0 Å². The molecule has 0 radical (unpaired) electrons. The number of nitrogens with zero attached hydrogens (tertiary/aromatic N) is 2. The summed E-state index contributed by atoms with van der Waals surface area (Å²) in [4.78, 5) is 8.64. The zero-order chi connectivity index (χ0) is 10.2. The van der Waals surface area contributed by atoms with Crippen molar-refractivity contribution in [2.45, 2.75) is 10.6 Å². The Morgan fingerprint density at radius 1 is 1.64 bits per heavy atom. The van der Waals surface area contributed by atoms with Crippen molar-refractivity contribution in [1.82, 2.24) is 9.45 Å². The molecule has 5 nitrogen and oxygen atoms in total. The van der Waals surface area contributed by atoms with E-state index in [-0.39, 0.29) is 8.68 Å². The molecule has 2 heterocycles. The van der Waals surface area contributed by atoms with E-state index < -0.39 is 10.0 Å². The third kappa shape index (κ3) is 1.78. The monoisotopic (exact) mass is 254 g/mol. The average Bonchev–Trinajstić information content (AvgIpc) is 2.72. The molecule has 1 saturated heterocycles. The summed E-state index contributed by atoms with van der Waals surface area (Å²) in [5.74, 6) is 0.